The largest absolute Gasteiger partial charge is 0.504 e. The number of ether oxygens (including phenoxy) is 2. The number of nitrogens with zero attached hydrogens (tertiary/aromatic N) is 1. The Bertz CT molecular complexity index is 448. The van der Waals surface area contributed by atoms with E-state index in [1.165, 1.54) is 20.4 Å². The zero-order valence-electron chi connectivity index (χ0n) is 9.23. The van der Waals surface area contributed by atoms with Crippen LogP contribution in [0, 0.1) is 0 Å². The number of hydrogen-bond acceptors (Lipinski definition) is 5. The Hall–Kier alpha value is -1.76. The van der Waals surface area contributed by atoms with Crippen LogP contribution in [-0.2, 0) is 4.74 Å². The highest BCUT2D eigenvalue weighted by atomic mass is 79.9. The molecule has 0 aliphatic heterocycles. The SMILES string of the molecule is COC(=O)NN=Cc1cc(Br)cc(OC)c1O. The van der Waals surface area contributed by atoms with Crippen LogP contribution in [0.5, 0.6) is 11.5 Å². The highest BCUT2D eigenvalue weighted by Crippen LogP contribution is 2.32. The summed E-state index contributed by atoms with van der Waals surface area (Å²) in [6.07, 6.45) is 0.585. The number of hydrogen-bond donors (Lipinski definition) is 2. The van der Waals surface area contributed by atoms with Gasteiger partial charge in [0.1, 0.15) is 0 Å². The number of phenols is 1. The molecule has 6 nitrogen and oxygen atoms in total. The van der Waals surface area contributed by atoms with Gasteiger partial charge in [-0.25, -0.2) is 10.2 Å². The summed E-state index contributed by atoms with van der Waals surface area (Å²) < 4.78 is 10.0. The normalized spacial score (nSPS) is 10.3. The van der Waals surface area contributed by atoms with Crippen molar-refractivity contribution in [1.82, 2.24) is 5.43 Å². The van der Waals surface area contributed by atoms with Crippen LogP contribution in [0.1, 0.15) is 5.56 Å². The number of nitrogens with one attached hydrogen (secondary N) is 1. The van der Waals surface area contributed by atoms with E-state index in [2.05, 4.69) is 31.2 Å². The molecule has 0 aromatic heterocycles. The third kappa shape index (κ3) is 3.63. The second kappa shape index (κ2) is 6.09. The maximum absolute atomic E-state index is 10.7. The van der Waals surface area contributed by atoms with E-state index in [-0.39, 0.29) is 5.75 Å². The molecule has 1 rings (SSSR count). The molecule has 1 aromatic rings. The Morgan fingerprint density at radius 1 is 1.53 bits per heavy atom. The molecule has 0 bridgehead atoms. The molecule has 0 aliphatic rings. The molecule has 0 atom stereocenters. The molecule has 0 radical (unpaired) electrons. The molecular weight excluding hydrogens is 292 g/mol. The number of aromatic hydroxyl groups is 1. The lowest BCUT2D eigenvalue weighted by molar-refractivity contribution is 0.171. The van der Waals surface area contributed by atoms with Gasteiger partial charge in [0.05, 0.1) is 20.4 Å². The van der Waals surface area contributed by atoms with Gasteiger partial charge in [-0.2, -0.15) is 5.10 Å². The minimum atomic E-state index is -0.692. The third-order valence-electron chi connectivity index (χ3n) is 1.83. The maximum atomic E-state index is 10.7. The molecule has 2 N–H and O–H groups in total. The highest BCUT2D eigenvalue weighted by Gasteiger charge is 2.08. The summed E-state index contributed by atoms with van der Waals surface area (Å²) in [6.45, 7) is 0. The minimum Gasteiger partial charge on any atom is -0.504 e. The Morgan fingerprint density at radius 2 is 2.24 bits per heavy atom. The summed E-state index contributed by atoms with van der Waals surface area (Å²) in [5.41, 5.74) is 2.50. The number of amides is 1. The van der Waals surface area contributed by atoms with Crippen molar-refractivity contribution in [2.75, 3.05) is 14.2 Å². The fourth-order valence-corrected chi connectivity index (χ4v) is 1.50. The van der Waals surface area contributed by atoms with Crippen LogP contribution in [0.15, 0.2) is 21.7 Å². The summed E-state index contributed by atoms with van der Waals surface area (Å²) >= 11 is 3.26. The van der Waals surface area contributed by atoms with Gasteiger partial charge in [0.15, 0.2) is 11.5 Å². The number of rotatable bonds is 3. The van der Waals surface area contributed by atoms with E-state index in [1.54, 1.807) is 12.1 Å². The van der Waals surface area contributed by atoms with Crippen molar-refractivity contribution in [3.8, 4) is 11.5 Å². The van der Waals surface area contributed by atoms with E-state index in [1.807, 2.05) is 0 Å². The van der Waals surface area contributed by atoms with Crippen LogP contribution in [-0.4, -0.2) is 31.6 Å². The van der Waals surface area contributed by atoms with Gasteiger partial charge in [0, 0.05) is 10.0 Å². The van der Waals surface area contributed by atoms with E-state index in [0.717, 1.165) is 0 Å². The van der Waals surface area contributed by atoms with Gasteiger partial charge in [-0.05, 0) is 12.1 Å². The fourth-order valence-electron chi connectivity index (χ4n) is 1.05. The van der Waals surface area contributed by atoms with Crippen LogP contribution in [0.2, 0.25) is 0 Å². The van der Waals surface area contributed by atoms with Crippen molar-refractivity contribution in [2.24, 2.45) is 5.10 Å². The van der Waals surface area contributed by atoms with Crippen molar-refractivity contribution in [3.05, 3.63) is 22.2 Å². The first-order chi connectivity index (χ1) is 8.08. The molecule has 0 fully saturated rings. The van der Waals surface area contributed by atoms with Gasteiger partial charge in [-0.1, -0.05) is 15.9 Å². The Labute approximate surface area is 106 Å². The van der Waals surface area contributed by atoms with Crippen molar-refractivity contribution < 1.29 is 19.4 Å². The molecule has 1 aromatic carbocycles. The summed E-state index contributed by atoms with van der Waals surface area (Å²) in [5, 5.41) is 13.4. The van der Waals surface area contributed by atoms with E-state index >= 15 is 0 Å². The third-order valence-corrected chi connectivity index (χ3v) is 2.29. The van der Waals surface area contributed by atoms with Crippen LogP contribution >= 0.6 is 15.9 Å². The molecule has 17 heavy (non-hydrogen) atoms. The number of methoxy groups -OCH3 is 2. The number of phenolic OH excluding ortho intramolecular Hbond substituents is 1. The standard InChI is InChI=1S/C10H11BrN2O4/c1-16-8-4-7(11)3-6(9(8)14)5-12-13-10(15)17-2/h3-5,14H,1-2H3,(H,13,15). The lowest BCUT2D eigenvalue weighted by Gasteiger charge is -2.06. The Balaban J connectivity index is 2.90. The van der Waals surface area contributed by atoms with E-state index in [4.69, 9.17) is 4.74 Å². The summed E-state index contributed by atoms with van der Waals surface area (Å²) in [6, 6.07) is 3.24. The average Bonchev–Trinajstić information content (AvgIpc) is 2.32. The van der Waals surface area contributed by atoms with Crippen molar-refractivity contribution >= 4 is 28.2 Å². The average molecular weight is 303 g/mol. The molecule has 0 aliphatic carbocycles. The van der Waals surface area contributed by atoms with Crippen molar-refractivity contribution in [2.45, 2.75) is 0 Å². The first-order valence-corrected chi connectivity index (χ1v) is 5.31. The van der Waals surface area contributed by atoms with E-state index in [9.17, 15) is 9.90 Å². The topological polar surface area (TPSA) is 80.2 Å². The zero-order valence-corrected chi connectivity index (χ0v) is 10.8. The van der Waals surface area contributed by atoms with Crippen molar-refractivity contribution in [3.63, 3.8) is 0 Å². The van der Waals surface area contributed by atoms with Gasteiger partial charge >= 0.3 is 6.09 Å². The first-order valence-electron chi connectivity index (χ1n) is 4.52. The molecular formula is C10H11BrN2O4. The predicted molar refractivity (Wildman–Crippen MR) is 65.5 cm³/mol. The second-order valence-electron chi connectivity index (χ2n) is 2.91. The lowest BCUT2D eigenvalue weighted by atomic mass is 10.2. The Morgan fingerprint density at radius 3 is 2.82 bits per heavy atom. The molecule has 0 saturated heterocycles. The van der Waals surface area contributed by atoms with Crippen LogP contribution in [0.3, 0.4) is 0 Å². The molecule has 0 spiro atoms. The smallest absolute Gasteiger partial charge is 0.427 e. The number of benzene rings is 1. The van der Waals surface area contributed by atoms with E-state index < -0.39 is 6.09 Å². The number of carbonyl (C=O) groups excluding carboxylic acids is 1. The minimum absolute atomic E-state index is 0.0638. The van der Waals surface area contributed by atoms with Crippen LogP contribution in [0.4, 0.5) is 4.79 Å². The van der Waals surface area contributed by atoms with Gasteiger partial charge in [-0.15, -0.1) is 0 Å². The van der Waals surface area contributed by atoms with Gasteiger partial charge < -0.3 is 14.6 Å². The van der Waals surface area contributed by atoms with Gasteiger partial charge in [0.25, 0.3) is 0 Å². The molecule has 7 heteroatoms. The number of carbonyl (C=O) groups is 1. The van der Waals surface area contributed by atoms with Crippen molar-refractivity contribution in [1.29, 1.82) is 0 Å². The first kappa shape index (κ1) is 13.3. The second-order valence-corrected chi connectivity index (χ2v) is 3.82. The summed E-state index contributed by atoms with van der Waals surface area (Å²) in [7, 11) is 2.67. The lowest BCUT2D eigenvalue weighted by Crippen LogP contribution is -2.16. The molecule has 1 amide bonds. The number of hydrazone groups is 1. The molecule has 92 valence electrons. The predicted octanol–water partition coefficient (Wildman–Crippen LogP) is 1.85. The summed E-state index contributed by atoms with van der Waals surface area (Å²) in [4.78, 5) is 10.7. The maximum Gasteiger partial charge on any atom is 0.427 e. The quantitative estimate of drug-likeness (QED) is 0.659. The Kier molecular flexibility index (Phi) is 4.77. The van der Waals surface area contributed by atoms with Crippen LogP contribution in [0.25, 0.3) is 0 Å². The zero-order chi connectivity index (χ0) is 12.8. The molecule has 0 unspecified atom stereocenters. The monoisotopic (exact) mass is 302 g/mol. The highest BCUT2D eigenvalue weighted by molar-refractivity contribution is 9.10. The molecule has 0 heterocycles. The molecule has 0 saturated carbocycles. The van der Waals surface area contributed by atoms with E-state index in [0.29, 0.717) is 15.8 Å². The summed E-state index contributed by atoms with van der Waals surface area (Å²) in [5.74, 6) is 0.241. The van der Waals surface area contributed by atoms with Crippen LogP contribution < -0.4 is 10.2 Å². The fraction of sp³-hybridized carbons (Fsp3) is 0.200. The van der Waals surface area contributed by atoms with Gasteiger partial charge in [-0.3, -0.25) is 0 Å². The van der Waals surface area contributed by atoms with Gasteiger partial charge in [0.2, 0.25) is 0 Å². The number of halogens is 1.